The molecule has 0 radical (unpaired) electrons. The molecule has 0 saturated heterocycles. The minimum Gasteiger partial charge on any atom is -0.356 e. The maximum atomic E-state index is 12.1. The van der Waals surface area contributed by atoms with Crippen molar-refractivity contribution in [3.63, 3.8) is 0 Å². The minimum absolute atomic E-state index is 0.00751. The molecule has 0 atom stereocenters. The number of carbonyl (C=O) groups is 1. The van der Waals surface area contributed by atoms with Crippen molar-refractivity contribution in [3.05, 3.63) is 53.6 Å². The number of aromatic nitrogens is 4. The van der Waals surface area contributed by atoms with Crippen LogP contribution in [-0.4, -0.2) is 47.0 Å². The fourth-order valence-corrected chi connectivity index (χ4v) is 3.84. The Morgan fingerprint density at radius 3 is 2.89 bits per heavy atom. The van der Waals surface area contributed by atoms with Crippen molar-refractivity contribution < 1.29 is 13.2 Å². The van der Waals surface area contributed by atoms with Gasteiger partial charge in [-0.1, -0.05) is 17.7 Å². The van der Waals surface area contributed by atoms with E-state index in [1.54, 1.807) is 22.8 Å². The Morgan fingerprint density at radius 2 is 2.07 bits per heavy atom. The molecule has 0 aliphatic rings. The Balaban J connectivity index is 1.36. The topological polar surface area (TPSA) is 118 Å². The predicted molar refractivity (Wildman–Crippen MR) is 103 cm³/mol. The third-order valence-electron chi connectivity index (χ3n) is 3.90. The molecule has 0 aliphatic heterocycles. The van der Waals surface area contributed by atoms with Gasteiger partial charge in [0.05, 0.1) is 4.90 Å². The molecule has 0 fully saturated rings. The highest BCUT2D eigenvalue weighted by atomic mass is 35.5. The number of halogens is 1. The summed E-state index contributed by atoms with van der Waals surface area (Å²) in [5.41, 5.74) is 0.988. The zero-order valence-electron chi connectivity index (χ0n) is 14.9. The molecule has 3 aromatic rings. The molecule has 0 saturated carbocycles. The number of rotatable bonds is 9. The van der Waals surface area contributed by atoms with Crippen molar-refractivity contribution in [1.29, 1.82) is 0 Å². The molecule has 28 heavy (non-hydrogen) atoms. The molecule has 0 spiro atoms. The summed E-state index contributed by atoms with van der Waals surface area (Å²) in [6, 6.07) is 5.95. The molecule has 2 N–H and O–H groups in total. The standard InChI is InChI=1S/C17H19ClN6O3S/c18-14-4-1-5-15(9-14)28(26,27)23-8-6-16(25)19-7-2-3-13-10-20-17-21-12-22-24(17)11-13/h1,4-5,9-12,23H,2-3,6-8H2,(H,19,25). The summed E-state index contributed by atoms with van der Waals surface area (Å²) in [5.74, 6) is 0.316. The summed E-state index contributed by atoms with van der Waals surface area (Å²) in [6.07, 6.45) is 6.52. The number of sulfonamides is 1. The second-order valence-corrected chi connectivity index (χ2v) is 8.23. The van der Waals surface area contributed by atoms with Crippen LogP contribution < -0.4 is 10.0 Å². The van der Waals surface area contributed by atoms with E-state index in [1.165, 1.54) is 18.5 Å². The number of benzene rings is 1. The van der Waals surface area contributed by atoms with E-state index in [9.17, 15) is 13.2 Å². The van der Waals surface area contributed by atoms with Crippen LogP contribution in [0.5, 0.6) is 0 Å². The average Bonchev–Trinajstić information content (AvgIpc) is 3.13. The summed E-state index contributed by atoms with van der Waals surface area (Å²) in [5, 5.41) is 7.13. The molecule has 11 heteroatoms. The van der Waals surface area contributed by atoms with Gasteiger partial charge < -0.3 is 5.32 Å². The zero-order valence-corrected chi connectivity index (χ0v) is 16.4. The lowest BCUT2D eigenvalue weighted by Gasteiger charge is -2.08. The van der Waals surface area contributed by atoms with E-state index < -0.39 is 10.0 Å². The Labute approximate surface area is 167 Å². The molecule has 1 amide bonds. The van der Waals surface area contributed by atoms with Crippen LogP contribution >= 0.6 is 11.6 Å². The summed E-state index contributed by atoms with van der Waals surface area (Å²) < 4.78 is 28.3. The van der Waals surface area contributed by atoms with E-state index in [0.717, 1.165) is 18.4 Å². The van der Waals surface area contributed by atoms with Crippen LogP contribution in [0.4, 0.5) is 0 Å². The van der Waals surface area contributed by atoms with E-state index >= 15 is 0 Å². The Kier molecular flexibility index (Phi) is 6.55. The fraction of sp³-hybridized carbons (Fsp3) is 0.294. The maximum absolute atomic E-state index is 12.1. The largest absolute Gasteiger partial charge is 0.356 e. The number of carbonyl (C=O) groups excluding carboxylic acids is 1. The molecule has 0 aliphatic carbocycles. The van der Waals surface area contributed by atoms with Crippen molar-refractivity contribution in [3.8, 4) is 0 Å². The molecule has 1 aromatic carbocycles. The van der Waals surface area contributed by atoms with Gasteiger partial charge >= 0.3 is 0 Å². The summed E-state index contributed by atoms with van der Waals surface area (Å²) >= 11 is 5.81. The second kappa shape index (κ2) is 9.09. The van der Waals surface area contributed by atoms with Gasteiger partial charge in [0.15, 0.2) is 0 Å². The van der Waals surface area contributed by atoms with Gasteiger partial charge in [0.25, 0.3) is 5.78 Å². The molecular weight excluding hydrogens is 404 g/mol. The Hall–Kier alpha value is -2.56. The van der Waals surface area contributed by atoms with Gasteiger partial charge in [-0.25, -0.2) is 22.6 Å². The summed E-state index contributed by atoms with van der Waals surface area (Å²) in [4.78, 5) is 20.1. The van der Waals surface area contributed by atoms with E-state index in [0.29, 0.717) is 17.3 Å². The third kappa shape index (κ3) is 5.47. The predicted octanol–water partition coefficient (Wildman–Crippen LogP) is 1.20. The number of nitrogens with one attached hydrogen (secondary N) is 2. The van der Waals surface area contributed by atoms with Gasteiger partial charge in [0, 0.05) is 36.9 Å². The van der Waals surface area contributed by atoms with Gasteiger partial charge in [-0.2, -0.15) is 10.1 Å². The zero-order chi connectivity index (χ0) is 20.0. The monoisotopic (exact) mass is 422 g/mol. The SMILES string of the molecule is O=C(CCNS(=O)(=O)c1cccc(Cl)c1)NCCCc1cnc2ncnn2c1. The van der Waals surface area contributed by atoms with E-state index in [2.05, 4.69) is 25.1 Å². The van der Waals surface area contributed by atoms with Crippen molar-refractivity contribution in [2.75, 3.05) is 13.1 Å². The molecule has 9 nitrogen and oxygen atoms in total. The fourth-order valence-electron chi connectivity index (χ4n) is 2.51. The van der Waals surface area contributed by atoms with Gasteiger partial charge in [0.1, 0.15) is 6.33 Å². The van der Waals surface area contributed by atoms with Crippen molar-refractivity contribution in [1.82, 2.24) is 29.6 Å². The van der Waals surface area contributed by atoms with E-state index in [-0.39, 0.29) is 23.8 Å². The van der Waals surface area contributed by atoms with Gasteiger partial charge in [0.2, 0.25) is 15.9 Å². The maximum Gasteiger partial charge on any atom is 0.252 e. The Morgan fingerprint density at radius 1 is 1.21 bits per heavy atom. The summed E-state index contributed by atoms with van der Waals surface area (Å²) in [6.45, 7) is 0.489. The lowest BCUT2D eigenvalue weighted by atomic mass is 10.2. The molecule has 3 rings (SSSR count). The minimum atomic E-state index is -3.69. The highest BCUT2D eigenvalue weighted by molar-refractivity contribution is 7.89. The molecule has 2 heterocycles. The Bertz CT molecular complexity index is 1070. The third-order valence-corrected chi connectivity index (χ3v) is 5.60. The molecule has 0 unspecified atom stereocenters. The quantitative estimate of drug-likeness (QED) is 0.500. The van der Waals surface area contributed by atoms with Crippen molar-refractivity contribution in [2.24, 2.45) is 0 Å². The van der Waals surface area contributed by atoms with Crippen LogP contribution in [0.2, 0.25) is 5.02 Å². The van der Waals surface area contributed by atoms with Crippen LogP contribution in [0.3, 0.4) is 0 Å². The van der Waals surface area contributed by atoms with Crippen LogP contribution in [0, 0.1) is 0 Å². The highest BCUT2D eigenvalue weighted by Gasteiger charge is 2.14. The van der Waals surface area contributed by atoms with Gasteiger partial charge in [-0.05, 0) is 36.6 Å². The van der Waals surface area contributed by atoms with E-state index in [4.69, 9.17) is 11.6 Å². The molecule has 0 bridgehead atoms. The van der Waals surface area contributed by atoms with Crippen molar-refractivity contribution in [2.45, 2.75) is 24.2 Å². The number of aryl methyl sites for hydroxylation is 1. The van der Waals surface area contributed by atoms with Crippen LogP contribution in [0.25, 0.3) is 5.78 Å². The molecular formula is C17H19ClN6O3S. The van der Waals surface area contributed by atoms with Gasteiger partial charge in [-0.3, -0.25) is 4.79 Å². The van der Waals surface area contributed by atoms with Crippen molar-refractivity contribution >= 4 is 33.3 Å². The summed E-state index contributed by atoms with van der Waals surface area (Å²) in [7, 11) is -3.69. The molecule has 148 valence electrons. The second-order valence-electron chi connectivity index (χ2n) is 6.03. The lowest BCUT2D eigenvalue weighted by Crippen LogP contribution is -2.31. The average molecular weight is 423 g/mol. The number of nitrogens with zero attached hydrogens (tertiary/aromatic N) is 4. The molecule has 2 aromatic heterocycles. The first-order chi connectivity index (χ1) is 13.4. The van der Waals surface area contributed by atoms with Crippen LogP contribution in [0.15, 0.2) is 47.9 Å². The first-order valence-corrected chi connectivity index (χ1v) is 10.5. The first-order valence-electron chi connectivity index (χ1n) is 8.60. The van der Waals surface area contributed by atoms with E-state index in [1.807, 2.05) is 6.20 Å². The first kappa shape index (κ1) is 20.2. The number of hydrogen-bond acceptors (Lipinski definition) is 6. The number of hydrogen-bond donors (Lipinski definition) is 2. The smallest absolute Gasteiger partial charge is 0.252 e. The van der Waals surface area contributed by atoms with Crippen LogP contribution in [0.1, 0.15) is 18.4 Å². The van der Waals surface area contributed by atoms with Gasteiger partial charge in [-0.15, -0.1) is 0 Å². The normalized spacial score (nSPS) is 11.6. The lowest BCUT2D eigenvalue weighted by molar-refractivity contribution is -0.120. The number of fused-ring (bicyclic) bond motifs is 1. The highest BCUT2D eigenvalue weighted by Crippen LogP contribution is 2.15. The number of amides is 1. The van der Waals surface area contributed by atoms with Crippen LogP contribution in [-0.2, 0) is 21.2 Å².